The number of hydrogen-bond donors (Lipinski definition) is 1. The number of aliphatic hydroxyl groups excluding tert-OH is 1. The SMILES string of the molecule is CCC=CCC=CCCCO. The Bertz CT molecular complexity index is 114. The smallest absolute Gasteiger partial charge is 0.0433 e. The van der Waals surface area contributed by atoms with Crippen molar-refractivity contribution in [1.29, 1.82) is 0 Å². The Labute approximate surface area is 69.4 Å². The first-order valence-corrected chi connectivity index (χ1v) is 4.32. The molecule has 0 aliphatic heterocycles. The summed E-state index contributed by atoms with van der Waals surface area (Å²) in [6, 6.07) is 0. The molecule has 11 heavy (non-hydrogen) atoms. The fourth-order valence-corrected chi connectivity index (χ4v) is 0.765. The molecular formula is C10H18O. The van der Waals surface area contributed by atoms with Gasteiger partial charge in [0.1, 0.15) is 0 Å². The molecule has 0 aliphatic rings. The molecule has 0 aliphatic carbocycles. The summed E-state index contributed by atoms with van der Waals surface area (Å²) in [5.41, 5.74) is 0. The van der Waals surface area contributed by atoms with Crippen LogP contribution in [0.1, 0.15) is 32.6 Å². The van der Waals surface area contributed by atoms with Crippen molar-refractivity contribution in [3.05, 3.63) is 24.3 Å². The Morgan fingerprint density at radius 1 is 1.09 bits per heavy atom. The molecule has 64 valence electrons. The second-order valence-corrected chi connectivity index (χ2v) is 2.45. The maximum absolute atomic E-state index is 8.46. The molecule has 0 saturated heterocycles. The number of aliphatic hydroxyl groups is 1. The summed E-state index contributed by atoms with van der Waals surface area (Å²) >= 11 is 0. The van der Waals surface area contributed by atoms with E-state index in [1.54, 1.807) is 0 Å². The van der Waals surface area contributed by atoms with Gasteiger partial charge in [-0.05, 0) is 25.7 Å². The Kier molecular flexibility index (Phi) is 8.96. The third-order valence-corrected chi connectivity index (χ3v) is 1.37. The lowest BCUT2D eigenvalue weighted by Gasteiger charge is -1.86. The van der Waals surface area contributed by atoms with Crippen LogP contribution in [0.2, 0.25) is 0 Å². The highest BCUT2D eigenvalue weighted by Gasteiger charge is 1.77. The van der Waals surface area contributed by atoms with Gasteiger partial charge in [-0.3, -0.25) is 0 Å². The van der Waals surface area contributed by atoms with Crippen molar-refractivity contribution in [3.63, 3.8) is 0 Å². The highest BCUT2D eigenvalue weighted by Crippen LogP contribution is 1.93. The van der Waals surface area contributed by atoms with Gasteiger partial charge in [0.25, 0.3) is 0 Å². The molecule has 0 heterocycles. The largest absolute Gasteiger partial charge is 0.396 e. The van der Waals surface area contributed by atoms with E-state index < -0.39 is 0 Å². The maximum atomic E-state index is 8.46. The van der Waals surface area contributed by atoms with E-state index in [1.165, 1.54) is 0 Å². The highest BCUT2D eigenvalue weighted by molar-refractivity contribution is 4.92. The van der Waals surface area contributed by atoms with Gasteiger partial charge in [-0.15, -0.1) is 0 Å². The van der Waals surface area contributed by atoms with Gasteiger partial charge in [-0.1, -0.05) is 31.2 Å². The van der Waals surface area contributed by atoms with Gasteiger partial charge in [0.05, 0.1) is 0 Å². The lowest BCUT2D eigenvalue weighted by molar-refractivity contribution is 0.289. The van der Waals surface area contributed by atoms with Crippen molar-refractivity contribution in [2.75, 3.05) is 6.61 Å². The summed E-state index contributed by atoms with van der Waals surface area (Å²) in [6.45, 7) is 2.43. The monoisotopic (exact) mass is 154 g/mol. The molecule has 0 atom stereocenters. The topological polar surface area (TPSA) is 20.2 Å². The summed E-state index contributed by atoms with van der Waals surface area (Å²) < 4.78 is 0. The minimum Gasteiger partial charge on any atom is -0.396 e. The van der Waals surface area contributed by atoms with Gasteiger partial charge in [0.15, 0.2) is 0 Å². The van der Waals surface area contributed by atoms with E-state index in [0.29, 0.717) is 6.61 Å². The lowest BCUT2D eigenvalue weighted by Crippen LogP contribution is -1.77. The van der Waals surface area contributed by atoms with Crippen molar-refractivity contribution >= 4 is 0 Å². The molecule has 1 nitrogen and oxygen atoms in total. The fraction of sp³-hybridized carbons (Fsp3) is 0.600. The van der Waals surface area contributed by atoms with Crippen molar-refractivity contribution < 1.29 is 5.11 Å². The molecule has 0 saturated carbocycles. The van der Waals surface area contributed by atoms with Crippen LogP contribution >= 0.6 is 0 Å². The van der Waals surface area contributed by atoms with Gasteiger partial charge in [0.2, 0.25) is 0 Å². The first-order valence-electron chi connectivity index (χ1n) is 4.32. The van der Waals surface area contributed by atoms with Crippen LogP contribution in [0.5, 0.6) is 0 Å². The normalized spacial score (nSPS) is 11.8. The van der Waals surface area contributed by atoms with Gasteiger partial charge in [0, 0.05) is 6.61 Å². The Balaban J connectivity index is 3.09. The zero-order chi connectivity index (χ0) is 8.36. The minimum absolute atomic E-state index is 0.301. The molecule has 0 amide bonds. The Morgan fingerprint density at radius 3 is 2.45 bits per heavy atom. The Hall–Kier alpha value is -0.560. The van der Waals surface area contributed by atoms with Crippen molar-refractivity contribution in [2.45, 2.75) is 32.6 Å². The zero-order valence-corrected chi connectivity index (χ0v) is 7.29. The maximum Gasteiger partial charge on any atom is 0.0433 e. The first-order chi connectivity index (χ1) is 5.41. The summed E-state index contributed by atoms with van der Waals surface area (Å²) in [6.07, 6.45) is 12.6. The molecule has 0 fully saturated rings. The standard InChI is InChI=1S/C10H18O/c1-2-3-4-5-6-7-8-9-10-11/h3-4,6-7,11H,2,5,8-10H2,1H3. The van der Waals surface area contributed by atoms with Crippen molar-refractivity contribution in [2.24, 2.45) is 0 Å². The van der Waals surface area contributed by atoms with E-state index in [2.05, 4.69) is 31.2 Å². The fourth-order valence-electron chi connectivity index (χ4n) is 0.765. The van der Waals surface area contributed by atoms with Crippen molar-refractivity contribution in [1.82, 2.24) is 0 Å². The van der Waals surface area contributed by atoms with Gasteiger partial charge < -0.3 is 5.11 Å². The predicted molar refractivity (Wildman–Crippen MR) is 49.5 cm³/mol. The van der Waals surface area contributed by atoms with Crippen LogP contribution in [0.25, 0.3) is 0 Å². The summed E-state index contributed by atoms with van der Waals surface area (Å²) in [5.74, 6) is 0. The van der Waals surface area contributed by atoms with Crippen molar-refractivity contribution in [3.8, 4) is 0 Å². The van der Waals surface area contributed by atoms with E-state index in [-0.39, 0.29) is 0 Å². The number of hydrogen-bond acceptors (Lipinski definition) is 1. The van der Waals surface area contributed by atoms with E-state index in [1.807, 2.05) is 0 Å². The van der Waals surface area contributed by atoms with Gasteiger partial charge in [-0.25, -0.2) is 0 Å². The Morgan fingerprint density at radius 2 is 1.82 bits per heavy atom. The van der Waals surface area contributed by atoms with E-state index in [4.69, 9.17) is 5.11 Å². The summed E-state index contributed by atoms with van der Waals surface area (Å²) in [4.78, 5) is 0. The van der Waals surface area contributed by atoms with Crippen LogP contribution < -0.4 is 0 Å². The summed E-state index contributed by atoms with van der Waals surface area (Å²) in [5, 5.41) is 8.46. The molecule has 1 heteroatoms. The third kappa shape index (κ3) is 9.44. The molecule has 0 aromatic rings. The molecule has 0 aromatic heterocycles. The average Bonchev–Trinajstić information content (AvgIpc) is 2.03. The first kappa shape index (κ1) is 10.4. The van der Waals surface area contributed by atoms with E-state index >= 15 is 0 Å². The van der Waals surface area contributed by atoms with Crippen LogP contribution in [-0.2, 0) is 0 Å². The molecule has 0 bridgehead atoms. The van der Waals surface area contributed by atoms with Crippen LogP contribution in [0, 0.1) is 0 Å². The van der Waals surface area contributed by atoms with Gasteiger partial charge in [-0.2, -0.15) is 0 Å². The molecule has 0 radical (unpaired) electrons. The van der Waals surface area contributed by atoms with Crippen LogP contribution in [0.15, 0.2) is 24.3 Å². The minimum atomic E-state index is 0.301. The van der Waals surface area contributed by atoms with Gasteiger partial charge >= 0.3 is 0 Å². The van der Waals surface area contributed by atoms with Crippen LogP contribution in [0.4, 0.5) is 0 Å². The van der Waals surface area contributed by atoms with Crippen LogP contribution in [-0.4, -0.2) is 11.7 Å². The average molecular weight is 154 g/mol. The highest BCUT2D eigenvalue weighted by atomic mass is 16.2. The molecule has 0 unspecified atom stereocenters. The third-order valence-electron chi connectivity index (χ3n) is 1.37. The summed E-state index contributed by atoms with van der Waals surface area (Å²) in [7, 11) is 0. The number of rotatable bonds is 6. The molecule has 0 spiro atoms. The molecule has 0 aromatic carbocycles. The molecular weight excluding hydrogens is 136 g/mol. The molecule has 0 rings (SSSR count). The van der Waals surface area contributed by atoms with Crippen LogP contribution in [0.3, 0.4) is 0 Å². The number of unbranched alkanes of at least 4 members (excludes halogenated alkanes) is 1. The number of allylic oxidation sites excluding steroid dienone is 4. The van der Waals surface area contributed by atoms with E-state index in [0.717, 1.165) is 25.7 Å². The lowest BCUT2D eigenvalue weighted by atomic mass is 10.2. The molecule has 1 N–H and O–H groups in total. The zero-order valence-electron chi connectivity index (χ0n) is 7.29. The predicted octanol–water partition coefficient (Wildman–Crippen LogP) is 2.67. The van der Waals surface area contributed by atoms with E-state index in [9.17, 15) is 0 Å². The quantitative estimate of drug-likeness (QED) is 0.460. The second-order valence-electron chi connectivity index (χ2n) is 2.45. The second kappa shape index (κ2) is 9.44.